The van der Waals surface area contributed by atoms with Crippen molar-refractivity contribution >= 4 is 10.0 Å². The van der Waals surface area contributed by atoms with Gasteiger partial charge in [-0.25, -0.2) is 13.1 Å². The first-order valence-corrected chi connectivity index (χ1v) is 10.7. The first kappa shape index (κ1) is 19.1. The van der Waals surface area contributed by atoms with Gasteiger partial charge in [-0.1, -0.05) is 54.1 Å². The van der Waals surface area contributed by atoms with Gasteiger partial charge in [0, 0.05) is 25.0 Å². The molecule has 0 unspecified atom stereocenters. The Morgan fingerprint density at radius 3 is 2.04 bits per heavy atom. The quantitative estimate of drug-likeness (QED) is 0.875. The van der Waals surface area contributed by atoms with E-state index in [0.29, 0.717) is 0 Å². The van der Waals surface area contributed by atoms with E-state index in [1.54, 1.807) is 13.8 Å². The van der Waals surface area contributed by atoms with Gasteiger partial charge in [0.15, 0.2) is 0 Å². The number of likely N-dealkylation sites (tertiary alicyclic amines) is 1. The number of nitrogens with one attached hydrogen (secondary N) is 1. The molecular weight excluding hydrogens is 344 g/mol. The maximum absolute atomic E-state index is 12.3. The molecule has 26 heavy (non-hydrogen) atoms. The molecule has 0 aliphatic carbocycles. The Kier molecular flexibility index (Phi) is 5.51. The average Bonchev–Trinajstić information content (AvgIpc) is 2.95. The van der Waals surface area contributed by atoms with E-state index in [2.05, 4.69) is 65.1 Å². The third kappa shape index (κ3) is 4.17. The fourth-order valence-corrected chi connectivity index (χ4v) is 4.41. The van der Waals surface area contributed by atoms with Crippen molar-refractivity contribution in [2.45, 2.75) is 38.0 Å². The number of nitrogens with zero attached hydrogens (tertiary/aromatic N) is 1. The average molecular weight is 373 g/mol. The molecule has 1 saturated heterocycles. The van der Waals surface area contributed by atoms with Gasteiger partial charge in [0.2, 0.25) is 10.0 Å². The lowest BCUT2D eigenvalue weighted by Gasteiger charge is -2.22. The van der Waals surface area contributed by atoms with Gasteiger partial charge < -0.3 is 4.90 Å². The van der Waals surface area contributed by atoms with Crippen LogP contribution in [0.15, 0.2) is 48.5 Å². The van der Waals surface area contributed by atoms with Crippen LogP contribution in [0.3, 0.4) is 0 Å². The molecule has 0 spiro atoms. The Balaban J connectivity index is 1.81. The number of hydrogen-bond acceptors (Lipinski definition) is 3. The minimum Gasteiger partial charge on any atom is -0.304 e. The zero-order chi connectivity index (χ0) is 18.9. The summed E-state index contributed by atoms with van der Waals surface area (Å²) < 4.78 is 27.5. The summed E-state index contributed by atoms with van der Waals surface area (Å²) in [6.45, 7) is 7.10. The van der Waals surface area contributed by atoms with Gasteiger partial charge in [0.25, 0.3) is 0 Å². The van der Waals surface area contributed by atoms with Crippen LogP contribution in [0.25, 0.3) is 11.1 Å². The van der Waals surface area contributed by atoms with Crippen LogP contribution in [-0.2, 0) is 10.0 Å². The predicted molar refractivity (Wildman–Crippen MR) is 108 cm³/mol. The second-order valence-electron chi connectivity index (χ2n) is 7.63. The molecule has 1 aliphatic rings. The molecule has 0 radical (unpaired) electrons. The van der Waals surface area contributed by atoms with Gasteiger partial charge in [0.05, 0.1) is 5.25 Å². The molecule has 1 heterocycles. The largest absolute Gasteiger partial charge is 0.304 e. The summed E-state index contributed by atoms with van der Waals surface area (Å²) in [4.78, 5) is 2.19. The standard InChI is InChI=1S/C21H28N2O2S/c1-15(2)26(24,25)22-21-14-23(4)13-20(21)19-11-9-18(10-12-19)17-7-5-16(3)6-8-17/h5-12,15,20-22H,13-14H2,1-4H3/t20-,21+/m1/s1. The van der Waals surface area contributed by atoms with Crippen LogP contribution in [0, 0.1) is 6.92 Å². The predicted octanol–water partition coefficient (Wildman–Crippen LogP) is 3.39. The summed E-state index contributed by atoms with van der Waals surface area (Å²) in [6.07, 6.45) is 0. The van der Waals surface area contributed by atoms with Crippen molar-refractivity contribution in [3.05, 3.63) is 59.7 Å². The molecule has 0 saturated carbocycles. The molecule has 140 valence electrons. The Hall–Kier alpha value is -1.69. The highest BCUT2D eigenvalue weighted by molar-refractivity contribution is 7.90. The van der Waals surface area contributed by atoms with Crippen LogP contribution < -0.4 is 4.72 Å². The molecule has 2 aromatic rings. The summed E-state index contributed by atoms with van der Waals surface area (Å²) >= 11 is 0. The lowest BCUT2D eigenvalue weighted by atomic mass is 9.93. The van der Waals surface area contributed by atoms with Gasteiger partial charge in [-0.05, 0) is 44.5 Å². The molecule has 3 rings (SSSR count). The van der Waals surface area contributed by atoms with E-state index in [1.807, 2.05) is 7.05 Å². The Morgan fingerprint density at radius 1 is 0.962 bits per heavy atom. The SMILES string of the molecule is Cc1ccc(-c2ccc([C@H]3CN(C)C[C@@H]3NS(=O)(=O)C(C)C)cc2)cc1. The van der Waals surface area contributed by atoms with E-state index in [-0.39, 0.29) is 12.0 Å². The van der Waals surface area contributed by atoms with Crippen LogP contribution in [0.5, 0.6) is 0 Å². The van der Waals surface area contributed by atoms with Crippen molar-refractivity contribution in [1.29, 1.82) is 0 Å². The number of rotatable bonds is 5. The molecule has 1 fully saturated rings. The van der Waals surface area contributed by atoms with Crippen LogP contribution in [-0.4, -0.2) is 44.7 Å². The molecule has 2 atom stereocenters. The highest BCUT2D eigenvalue weighted by atomic mass is 32.2. The second kappa shape index (κ2) is 7.51. The lowest BCUT2D eigenvalue weighted by molar-refractivity contribution is 0.404. The first-order valence-electron chi connectivity index (χ1n) is 9.13. The van der Waals surface area contributed by atoms with Crippen LogP contribution in [0.1, 0.15) is 30.9 Å². The molecule has 4 nitrogen and oxygen atoms in total. The number of aryl methyl sites for hydroxylation is 1. The van der Waals surface area contributed by atoms with Gasteiger partial charge in [-0.15, -0.1) is 0 Å². The van der Waals surface area contributed by atoms with E-state index >= 15 is 0 Å². The number of sulfonamides is 1. The van der Waals surface area contributed by atoms with E-state index < -0.39 is 15.3 Å². The minimum absolute atomic E-state index is 0.0855. The summed E-state index contributed by atoms with van der Waals surface area (Å²) in [5, 5.41) is -0.419. The van der Waals surface area contributed by atoms with Gasteiger partial charge in [-0.3, -0.25) is 0 Å². The number of benzene rings is 2. The Bertz CT molecular complexity index is 843. The molecular formula is C21H28N2O2S. The zero-order valence-electron chi connectivity index (χ0n) is 15.9. The van der Waals surface area contributed by atoms with Crippen LogP contribution >= 0.6 is 0 Å². The number of likely N-dealkylation sites (N-methyl/N-ethyl adjacent to an activating group) is 1. The molecule has 5 heteroatoms. The summed E-state index contributed by atoms with van der Waals surface area (Å²) in [7, 11) is -1.24. The Labute approximate surface area is 157 Å². The zero-order valence-corrected chi connectivity index (χ0v) is 16.8. The molecule has 1 N–H and O–H groups in total. The van der Waals surface area contributed by atoms with Crippen molar-refractivity contribution in [3.63, 3.8) is 0 Å². The Morgan fingerprint density at radius 2 is 1.50 bits per heavy atom. The van der Waals surface area contributed by atoms with Crippen molar-refractivity contribution < 1.29 is 8.42 Å². The summed E-state index contributed by atoms with van der Waals surface area (Å²) in [5.74, 6) is 0.167. The van der Waals surface area contributed by atoms with Crippen molar-refractivity contribution in [1.82, 2.24) is 9.62 Å². The fourth-order valence-electron chi connectivity index (χ4n) is 3.47. The second-order valence-corrected chi connectivity index (χ2v) is 9.90. The van der Waals surface area contributed by atoms with Crippen LogP contribution in [0.2, 0.25) is 0 Å². The molecule has 2 aromatic carbocycles. The summed E-state index contributed by atoms with van der Waals surface area (Å²) in [5.41, 5.74) is 4.81. The maximum Gasteiger partial charge on any atom is 0.214 e. The van der Waals surface area contributed by atoms with E-state index in [4.69, 9.17) is 0 Å². The van der Waals surface area contributed by atoms with Crippen molar-refractivity contribution in [2.24, 2.45) is 0 Å². The van der Waals surface area contributed by atoms with Gasteiger partial charge in [0.1, 0.15) is 0 Å². The van der Waals surface area contributed by atoms with E-state index in [9.17, 15) is 8.42 Å². The normalized spacial score (nSPS) is 21.4. The highest BCUT2D eigenvalue weighted by Crippen LogP contribution is 2.30. The monoisotopic (exact) mass is 372 g/mol. The molecule has 0 bridgehead atoms. The summed E-state index contributed by atoms with van der Waals surface area (Å²) in [6, 6.07) is 16.9. The smallest absolute Gasteiger partial charge is 0.214 e. The van der Waals surface area contributed by atoms with Crippen molar-refractivity contribution in [2.75, 3.05) is 20.1 Å². The van der Waals surface area contributed by atoms with Crippen molar-refractivity contribution in [3.8, 4) is 11.1 Å². The topological polar surface area (TPSA) is 49.4 Å². The molecule has 1 aliphatic heterocycles. The van der Waals surface area contributed by atoms with E-state index in [0.717, 1.165) is 13.1 Å². The van der Waals surface area contributed by atoms with Crippen LogP contribution in [0.4, 0.5) is 0 Å². The third-order valence-electron chi connectivity index (χ3n) is 5.16. The first-order chi connectivity index (χ1) is 12.3. The number of hydrogen-bond donors (Lipinski definition) is 1. The third-order valence-corrected chi connectivity index (χ3v) is 7.03. The highest BCUT2D eigenvalue weighted by Gasteiger charge is 2.35. The van der Waals surface area contributed by atoms with E-state index in [1.165, 1.54) is 22.3 Å². The lowest BCUT2D eigenvalue weighted by Crippen LogP contribution is -2.42. The minimum atomic E-state index is -3.28. The molecule has 0 aromatic heterocycles. The molecule has 0 amide bonds. The maximum atomic E-state index is 12.3. The van der Waals surface area contributed by atoms with Gasteiger partial charge in [-0.2, -0.15) is 0 Å². The fraction of sp³-hybridized carbons (Fsp3) is 0.429. The van der Waals surface area contributed by atoms with Gasteiger partial charge >= 0.3 is 0 Å².